The number of rotatable bonds is 11. The summed E-state index contributed by atoms with van der Waals surface area (Å²) >= 11 is 0. The van der Waals surface area contributed by atoms with Crippen LogP contribution in [0.25, 0.3) is 0 Å². The highest BCUT2D eigenvalue weighted by Gasteiger charge is 2.19. The summed E-state index contributed by atoms with van der Waals surface area (Å²) in [6, 6.07) is 18.1. The fourth-order valence-corrected chi connectivity index (χ4v) is 3.07. The van der Waals surface area contributed by atoms with Crippen LogP contribution in [0.1, 0.15) is 193 Å². The molecule has 0 bridgehead atoms. The van der Waals surface area contributed by atoms with Gasteiger partial charge in [0.25, 0.3) is 0 Å². The lowest BCUT2D eigenvalue weighted by atomic mass is 9.94. The Morgan fingerprint density at radius 3 is 1.06 bits per heavy atom. The van der Waals surface area contributed by atoms with Gasteiger partial charge in [-0.3, -0.25) is 4.79 Å². The Labute approximate surface area is 438 Å². The molecule has 418 valence electrons. The van der Waals surface area contributed by atoms with Crippen molar-refractivity contribution in [1.29, 1.82) is 0 Å². The minimum atomic E-state index is -0.389. The summed E-state index contributed by atoms with van der Waals surface area (Å²) in [6.07, 6.45) is 9.98. The van der Waals surface area contributed by atoms with Crippen LogP contribution in [0.5, 0.6) is 5.75 Å². The number of benzene rings is 2. The molecule has 0 aromatic heterocycles. The quantitative estimate of drug-likeness (QED) is 0.124. The second-order valence-corrected chi connectivity index (χ2v) is 21.0. The zero-order chi connectivity index (χ0) is 53.9. The highest BCUT2D eigenvalue weighted by Crippen LogP contribution is 2.25. The van der Waals surface area contributed by atoms with Gasteiger partial charge in [-0.1, -0.05) is 138 Å². The maximum absolute atomic E-state index is 10.2. The van der Waals surface area contributed by atoms with Crippen molar-refractivity contribution in [3.63, 3.8) is 0 Å². The van der Waals surface area contributed by atoms with E-state index in [0.717, 1.165) is 17.9 Å². The molecule has 9 heteroatoms. The normalized spacial score (nSPS) is 10.7. The molecule has 0 heterocycles. The summed E-state index contributed by atoms with van der Waals surface area (Å²) in [5.74, 6) is 3.12. The lowest BCUT2D eigenvalue weighted by Gasteiger charge is -2.23. The number of ether oxygens (including phenoxy) is 8. The number of carbonyl (C=O) groups excluding carboxylic acids is 1. The predicted octanol–water partition coefficient (Wildman–Crippen LogP) is 17.4. The highest BCUT2D eigenvalue weighted by atomic mass is 16.6. The molecule has 2 aromatic rings. The molecule has 70 heavy (non-hydrogen) atoms. The van der Waals surface area contributed by atoms with Crippen LogP contribution < -0.4 is 4.74 Å². The van der Waals surface area contributed by atoms with Crippen LogP contribution >= 0.6 is 0 Å². The summed E-state index contributed by atoms with van der Waals surface area (Å²) < 4.78 is 40.2. The van der Waals surface area contributed by atoms with Gasteiger partial charge in [-0.05, 0) is 126 Å². The molecule has 2 aromatic carbocycles. The number of hydrogen-bond acceptors (Lipinski definition) is 9. The van der Waals surface area contributed by atoms with Gasteiger partial charge in [-0.15, -0.1) is 19.6 Å². The highest BCUT2D eigenvalue weighted by molar-refractivity contribution is 5.66. The minimum absolute atomic E-state index is 0. The van der Waals surface area contributed by atoms with Gasteiger partial charge in [0.1, 0.15) is 17.0 Å². The molecule has 0 aliphatic carbocycles. The van der Waals surface area contributed by atoms with E-state index in [1.807, 2.05) is 132 Å². The van der Waals surface area contributed by atoms with Crippen LogP contribution in [0.3, 0.4) is 0 Å². The zero-order valence-electron chi connectivity index (χ0n) is 47.9. The van der Waals surface area contributed by atoms with Gasteiger partial charge >= 0.3 is 5.97 Å². The molecule has 9 nitrogen and oxygen atoms in total. The largest absolute Gasteiger partial charge is 0.497 e. The van der Waals surface area contributed by atoms with E-state index in [9.17, 15) is 4.79 Å². The van der Waals surface area contributed by atoms with Gasteiger partial charge in [-0.2, -0.15) is 0 Å². The third-order valence-electron chi connectivity index (χ3n) is 9.34. The van der Waals surface area contributed by atoms with E-state index in [-0.39, 0.29) is 74.7 Å². The van der Waals surface area contributed by atoms with Crippen molar-refractivity contribution in [2.45, 2.75) is 215 Å². The van der Waals surface area contributed by atoms with E-state index < -0.39 is 0 Å². The molecular formula is C61H120O9. The van der Waals surface area contributed by atoms with Crippen molar-refractivity contribution in [3.05, 3.63) is 91.0 Å². The summed E-state index contributed by atoms with van der Waals surface area (Å²) in [5, 5.41) is 0. The number of methoxy groups -OCH3 is 7. The van der Waals surface area contributed by atoms with Gasteiger partial charge in [0, 0.05) is 55.0 Å². The Hall–Kier alpha value is -3.49. The van der Waals surface area contributed by atoms with Crippen LogP contribution in [0.4, 0.5) is 0 Å². The van der Waals surface area contributed by atoms with Gasteiger partial charge < -0.3 is 37.9 Å². The SMILES string of the molecule is C.C.C.C.C#CC(C)(C)OC.C=CC(C)(C)COC.C=CC(C)(C)OC.CC(=O)OC(C)(C)C.CCC(C)(C)C.COC(C)(C)C.COC(C)(C)c1ccccc1.COc1ccc(C(C)(C)OC)cc1. The van der Waals surface area contributed by atoms with Crippen molar-refractivity contribution in [2.75, 3.05) is 56.4 Å². The van der Waals surface area contributed by atoms with Crippen molar-refractivity contribution in [2.24, 2.45) is 10.8 Å². The predicted molar refractivity (Wildman–Crippen MR) is 312 cm³/mol. The van der Waals surface area contributed by atoms with Crippen molar-refractivity contribution in [1.82, 2.24) is 0 Å². The fourth-order valence-electron chi connectivity index (χ4n) is 3.07. The molecule has 0 aliphatic rings. The van der Waals surface area contributed by atoms with Crippen molar-refractivity contribution in [3.8, 4) is 18.1 Å². The van der Waals surface area contributed by atoms with E-state index in [2.05, 4.69) is 86.6 Å². The molecule has 0 aliphatic heterocycles. The first-order valence-corrected chi connectivity index (χ1v) is 22.6. The average molecular weight is 998 g/mol. The van der Waals surface area contributed by atoms with E-state index in [1.165, 1.54) is 18.9 Å². The van der Waals surface area contributed by atoms with E-state index in [4.69, 9.17) is 44.3 Å². The van der Waals surface area contributed by atoms with E-state index in [1.54, 1.807) is 55.8 Å². The Morgan fingerprint density at radius 1 is 0.557 bits per heavy atom. The monoisotopic (exact) mass is 997 g/mol. The summed E-state index contributed by atoms with van der Waals surface area (Å²) in [7, 11) is 11.8. The van der Waals surface area contributed by atoms with Crippen molar-refractivity contribution < 1.29 is 42.7 Å². The summed E-state index contributed by atoms with van der Waals surface area (Å²) in [5.41, 5.74) is 1.81. The Bertz CT molecular complexity index is 1500. The molecule has 0 spiro atoms. The first kappa shape index (κ1) is 89.4. The lowest BCUT2D eigenvalue weighted by molar-refractivity contribution is -0.151. The van der Waals surface area contributed by atoms with E-state index in [0.29, 0.717) is 5.41 Å². The molecular weight excluding hydrogens is 877 g/mol. The van der Waals surface area contributed by atoms with Crippen LogP contribution in [0.15, 0.2) is 79.9 Å². The Morgan fingerprint density at radius 2 is 0.914 bits per heavy atom. The van der Waals surface area contributed by atoms with Crippen LogP contribution in [0.2, 0.25) is 0 Å². The third-order valence-corrected chi connectivity index (χ3v) is 9.34. The average Bonchev–Trinajstić information content (AvgIpc) is 3.24. The Kier molecular flexibility index (Phi) is 56.5. The molecule has 0 unspecified atom stereocenters. The second-order valence-electron chi connectivity index (χ2n) is 21.0. The maximum atomic E-state index is 10.2. The smallest absolute Gasteiger partial charge is 0.303 e. The molecule has 0 fully saturated rings. The number of hydrogen-bond donors (Lipinski definition) is 0. The first-order valence-electron chi connectivity index (χ1n) is 22.6. The molecule has 0 amide bonds. The number of terminal acetylenes is 1. The van der Waals surface area contributed by atoms with E-state index >= 15 is 0 Å². The van der Waals surface area contributed by atoms with Crippen molar-refractivity contribution >= 4 is 5.97 Å². The first-order chi connectivity index (χ1) is 29.7. The maximum Gasteiger partial charge on any atom is 0.303 e. The lowest BCUT2D eigenvalue weighted by Crippen LogP contribution is -2.21. The molecule has 0 radical (unpaired) electrons. The molecule has 0 N–H and O–H groups in total. The third kappa shape index (κ3) is 62.5. The van der Waals surface area contributed by atoms with Crippen LogP contribution in [0, 0.1) is 23.2 Å². The second kappa shape index (κ2) is 44.2. The van der Waals surface area contributed by atoms with Gasteiger partial charge in [-0.25, -0.2) is 0 Å². The standard InChI is InChI=1S/C11H16O2.C10H14O.C7H14O.C6H12O2.C6H12O.C6H10O.C6H14.C5H12O.4CH4/c1-11(2,13-4)9-5-7-10(12-3)8-6-9;1-10(2,11-3)9-7-5-4-6-8-9;1-5-7(2,3)6-8-4;1-5(7)8-6(2,3)4;2*1-5-6(2,3)7-4;1-5-6(2,3)4;1-5(2,3)6-4;;;;/h5-8H,1-4H3;4-8H,1-3H3;5H,1,6H2,2-4H3;1-4H3;5H,1H2,2-4H3;1H,2-4H3;5H2,1-4H3;1-4H3;4*1H4. The fraction of sp³-hybridized carbons (Fsp3) is 0.689. The molecule has 0 saturated heterocycles. The van der Waals surface area contributed by atoms with Gasteiger partial charge in [0.2, 0.25) is 0 Å². The Balaban J connectivity index is -0.0000000740. The molecule has 2 rings (SSSR count). The zero-order valence-corrected chi connectivity index (χ0v) is 47.9. The molecule has 0 atom stereocenters. The van der Waals surface area contributed by atoms with Crippen LogP contribution in [-0.2, 0) is 49.2 Å². The number of esters is 1. The van der Waals surface area contributed by atoms with Crippen LogP contribution in [-0.4, -0.2) is 84.7 Å². The topological polar surface area (TPSA) is 90.9 Å². The van der Waals surface area contributed by atoms with Gasteiger partial charge in [0.15, 0.2) is 0 Å². The summed E-state index contributed by atoms with van der Waals surface area (Å²) in [4.78, 5) is 10.2. The summed E-state index contributed by atoms with van der Waals surface area (Å²) in [6.45, 7) is 49.9. The molecule has 0 saturated carbocycles. The minimum Gasteiger partial charge on any atom is -0.497 e. The van der Waals surface area contributed by atoms with Gasteiger partial charge in [0.05, 0.1) is 36.1 Å². The number of carbonyl (C=O) groups is 1.